The van der Waals surface area contributed by atoms with Crippen molar-refractivity contribution in [3.05, 3.63) is 28.4 Å². The van der Waals surface area contributed by atoms with E-state index < -0.39 is 5.91 Å². The molecule has 0 radical (unpaired) electrons. The molecule has 3 aromatic rings. The Hall–Kier alpha value is -1.53. The van der Waals surface area contributed by atoms with Gasteiger partial charge < -0.3 is 15.9 Å². The van der Waals surface area contributed by atoms with E-state index in [0.29, 0.717) is 11.3 Å². The zero-order chi connectivity index (χ0) is 12.2. The highest BCUT2D eigenvalue weighted by Crippen LogP contribution is 2.41. The fourth-order valence-corrected chi connectivity index (χ4v) is 3.40. The van der Waals surface area contributed by atoms with Crippen LogP contribution in [0.25, 0.3) is 20.4 Å². The maximum absolute atomic E-state index is 11.1. The highest BCUT2D eigenvalue weighted by Gasteiger charge is 2.20. The van der Waals surface area contributed by atoms with E-state index in [1.807, 2.05) is 18.2 Å². The molecule has 6 heteroatoms. The summed E-state index contributed by atoms with van der Waals surface area (Å²) in [5.41, 5.74) is 12.0. The number of halogens is 1. The minimum absolute atomic E-state index is 0.0380. The van der Waals surface area contributed by atoms with Gasteiger partial charge in [0.25, 0.3) is 5.91 Å². The summed E-state index contributed by atoms with van der Waals surface area (Å²) >= 11 is 4.89. The lowest BCUT2D eigenvalue weighted by molar-refractivity contribution is 0.0977. The fraction of sp³-hybridized carbons (Fsp3) is 0. The standard InChI is InChI=1S/C11H7BrN2O2S/c12-4-1-2-5-6(3-4)17-10-7(13)9(11(14)15)16-8(5)10/h1-3H,13H2,(H2,14,15). The van der Waals surface area contributed by atoms with Crippen LogP contribution in [0.1, 0.15) is 10.6 Å². The first-order valence-electron chi connectivity index (χ1n) is 4.77. The highest BCUT2D eigenvalue weighted by atomic mass is 79.9. The van der Waals surface area contributed by atoms with E-state index in [-0.39, 0.29) is 5.76 Å². The molecule has 0 saturated carbocycles. The lowest BCUT2D eigenvalue weighted by atomic mass is 10.2. The van der Waals surface area contributed by atoms with Crippen molar-refractivity contribution in [1.29, 1.82) is 0 Å². The first-order valence-corrected chi connectivity index (χ1v) is 6.38. The summed E-state index contributed by atoms with van der Waals surface area (Å²) in [4.78, 5) is 11.1. The smallest absolute Gasteiger partial charge is 0.286 e. The number of thiophene rings is 1. The summed E-state index contributed by atoms with van der Waals surface area (Å²) in [6.07, 6.45) is 0. The van der Waals surface area contributed by atoms with E-state index in [1.165, 1.54) is 11.3 Å². The van der Waals surface area contributed by atoms with Crippen molar-refractivity contribution in [1.82, 2.24) is 0 Å². The Balaban J connectivity index is 2.45. The molecule has 0 aliphatic carbocycles. The summed E-state index contributed by atoms with van der Waals surface area (Å²) in [5.74, 6) is -0.604. The van der Waals surface area contributed by atoms with Crippen LogP contribution < -0.4 is 11.5 Å². The van der Waals surface area contributed by atoms with Gasteiger partial charge in [-0.25, -0.2) is 0 Å². The summed E-state index contributed by atoms with van der Waals surface area (Å²) in [6, 6.07) is 5.82. The monoisotopic (exact) mass is 310 g/mol. The molecule has 2 heterocycles. The van der Waals surface area contributed by atoms with E-state index in [2.05, 4.69) is 15.9 Å². The van der Waals surface area contributed by atoms with Crippen LogP contribution in [0.15, 0.2) is 27.1 Å². The molecule has 17 heavy (non-hydrogen) atoms. The molecule has 3 rings (SSSR count). The predicted octanol–water partition coefficient (Wildman–Crippen LogP) is 3.09. The van der Waals surface area contributed by atoms with Gasteiger partial charge in [-0.3, -0.25) is 4.79 Å². The van der Waals surface area contributed by atoms with Gasteiger partial charge in [-0.2, -0.15) is 0 Å². The molecule has 1 aromatic carbocycles. The minimum atomic E-state index is -0.642. The second-order valence-electron chi connectivity index (χ2n) is 3.61. The summed E-state index contributed by atoms with van der Waals surface area (Å²) in [7, 11) is 0. The van der Waals surface area contributed by atoms with Crippen LogP contribution in [0, 0.1) is 0 Å². The summed E-state index contributed by atoms with van der Waals surface area (Å²) in [5, 5.41) is 0.937. The second kappa shape index (κ2) is 3.48. The van der Waals surface area contributed by atoms with Crippen molar-refractivity contribution < 1.29 is 9.21 Å². The number of benzene rings is 1. The Bertz CT molecular complexity index is 760. The molecule has 0 unspecified atom stereocenters. The fourth-order valence-electron chi connectivity index (χ4n) is 1.77. The van der Waals surface area contributed by atoms with Gasteiger partial charge in [0.1, 0.15) is 5.69 Å². The molecule has 0 aliphatic rings. The molecule has 0 saturated heterocycles. The van der Waals surface area contributed by atoms with E-state index in [4.69, 9.17) is 15.9 Å². The van der Waals surface area contributed by atoms with E-state index in [1.54, 1.807) is 0 Å². The molecule has 4 nitrogen and oxygen atoms in total. The van der Waals surface area contributed by atoms with Gasteiger partial charge in [0, 0.05) is 14.6 Å². The van der Waals surface area contributed by atoms with Crippen LogP contribution >= 0.6 is 27.3 Å². The second-order valence-corrected chi connectivity index (χ2v) is 5.58. The lowest BCUT2D eigenvalue weighted by Gasteiger charge is -1.92. The molecule has 1 amide bonds. The number of hydrogen-bond donors (Lipinski definition) is 2. The molecule has 86 valence electrons. The number of rotatable bonds is 1. The van der Waals surface area contributed by atoms with Gasteiger partial charge in [0.05, 0.1) is 4.70 Å². The number of carbonyl (C=O) groups is 1. The Labute approximate surface area is 108 Å². The number of carbonyl (C=O) groups excluding carboxylic acids is 1. The van der Waals surface area contributed by atoms with Gasteiger partial charge in [-0.1, -0.05) is 15.9 Å². The SMILES string of the molecule is NC(=O)c1oc2c(sc3cc(Br)ccc32)c1N. The molecule has 4 N–H and O–H groups in total. The van der Waals surface area contributed by atoms with Crippen LogP contribution in [-0.2, 0) is 0 Å². The summed E-state index contributed by atoms with van der Waals surface area (Å²) in [6.45, 7) is 0. The maximum Gasteiger partial charge on any atom is 0.286 e. The van der Waals surface area contributed by atoms with Gasteiger partial charge in [-0.15, -0.1) is 11.3 Å². The number of nitrogen functional groups attached to an aromatic ring is 1. The summed E-state index contributed by atoms with van der Waals surface area (Å²) < 4.78 is 8.26. The molecule has 0 spiro atoms. The van der Waals surface area contributed by atoms with E-state index in [0.717, 1.165) is 19.3 Å². The van der Waals surface area contributed by atoms with Crippen molar-refractivity contribution >= 4 is 59.2 Å². The molecule has 0 atom stereocenters. The van der Waals surface area contributed by atoms with Crippen molar-refractivity contribution in [2.45, 2.75) is 0 Å². The molecule has 0 aliphatic heterocycles. The molecule has 0 bridgehead atoms. The third-order valence-corrected chi connectivity index (χ3v) is 4.18. The molecular weight excluding hydrogens is 304 g/mol. The number of amides is 1. The average molecular weight is 311 g/mol. The zero-order valence-electron chi connectivity index (χ0n) is 8.49. The third-order valence-electron chi connectivity index (χ3n) is 2.52. The number of primary amides is 1. The highest BCUT2D eigenvalue weighted by molar-refractivity contribution is 9.10. The van der Waals surface area contributed by atoms with Crippen LogP contribution in [0.4, 0.5) is 5.69 Å². The molecular formula is C11H7BrN2O2S. The third kappa shape index (κ3) is 1.44. The van der Waals surface area contributed by atoms with Crippen LogP contribution in [-0.4, -0.2) is 5.91 Å². The van der Waals surface area contributed by atoms with Crippen molar-refractivity contribution in [3.63, 3.8) is 0 Å². The quantitative estimate of drug-likeness (QED) is 0.724. The van der Waals surface area contributed by atoms with Crippen LogP contribution in [0.2, 0.25) is 0 Å². The predicted molar refractivity (Wildman–Crippen MR) is 72.2 cm³/mol. The number of hydrogen-bond acceptors (Lipinski definition) is 4. The van der Waals surface area contributed by atoms with Crippen molar-refractivity contribution in [3.8, 4) is 0 Å². The topological polar surface area (TPSA) is 82.2 Å². The van der Waals surface area contributed by atoms with Crippen LogP contribution in [0.3, 0.4) is 0 Å². The lowest BCUT2D eigenvalue weighted by Crippen LogP contribution is -2.11. The van der Waals surface area contributed by atoms with Gasteiger partial charge in [-0.05, 0) is 18.2 Å². The van der Waals surface area contributed by atoms with Gasteiger partial charge >= 0.3 is 0 Å². The largest absolute Gasteiger partial charge is 0.447 e. The number of nitrogens with two attached hydrogens (primary N) is 2. The first-order chi connectivity index (χ1) is 8.08. The Kier molecular flexibility index (Phi) is 2.17. The Morgan fingerprint density at radius 3 is 2.88 bits per heavy atom. The molecule has 2 aromatic heterocycles. The first kappa shape index (κ1) is 10.6. The minimum Gasteiger partial charge on any atom is -0.447 e. The Morgan fingerprint density at radius 2 is 2.18 bits per heavy atom. The number of fused-ring (bicyclic) bond motifs is 3. The number of furan rings is 1. The van der Waals surface area contributed by atoms with E-state index >= 15 is 0 Å². The normalized spacial score (nSPS) is 11.4. The van der Waals surface area contributed by atoms with Crippen molar-refractivity contribution in [2.75, 3.05) is 5.73 Å². The van der Waals surface area contributed by atoms with Gasteiger partial charge in [0.2, 0.25) is 5.76 Å². The maximum atomic E-state index is 11.1. The van der Waals surface area contributed by atoms with Gasteiger partial charge in [0.15, 0.2) is 5.58 Å². The molecule has 0 fully saturated rings. The van der Waals surface area contributed by atoms with Crippen molar-refractivity contribution in [2.24, 2.45) is 5.73 Å². The van der Waals surface area contributed by atoms with Crippen LogP contribution in [0.5, 0.6) is 0 Å². The Morgan fingerprint density at radius 1 is 1.41 bits per heavy atom. The number of anilines is 1. The average Bonchev–Trinajstić information content (AvgIpc) is 2.76. The zero-order valence-corrected chi connectivity index (χ0v) is 10.9. The van der Waals surface area contributed by atoms with E-state index in [9.17, 15) is 4.79 Å².